The summed E-state index contributed by atoms with van der Waals surface area (Å²) < 4.78 is 36.4. The van der Waals surface area contributed by atoms with Crippen LogP contribution in [0.2, 0.25) is 0 Å². The monoisotopic (exact) mass is 274 g/mol. The zero-order chi connectivity index (χ0) is 12.3. The van der Waals surface area contributed by atoms with Gasteiger partial charge in [-0.3, -0.25) is 4.57 Å². The first-order chi connectivity index (χ1) is 6.69. The average Bonchev–Trinajstić information content (AvgIpc) is 2.15. The zero-order valence-electron chi connectivity index (χ0n) is 9.72. The van der Waals surface area contributed by atoms with Crippen LogP contribution in [0.25, 0.3) is 0 Å². The normalized spacial score (nSPS) is 17.0. The van der Waals surface area contributed by atoms with E-state index >= 15 is 0 Å². The van der Waals surface area contributed by atoms with Crippen molar-refractivity contribution in [2.45, 2.75) is 26.0 Å². The number of hydrogen-bond donors (Lipinski definition) is 1. The van der Waals surface area contributed by atoms with Crippen molar-refractivity contribution < 1.29 is 13.0 Å². The minimum absolute atomic E-state index is 0.0478. The predicted octanol–water partition coefficient (Wildman–Crippen LogP) is 1.74. The molecule has 0 spiro atoms. The van der Waals surface area contributed by atoms with E-state index in [1.807, 2.05) is 13.8 Å². The van der Waals surface area contributed by atoms with Crippen molar-refractivity contribution in [2.24, 2.45) is 0 Å². The van der Waals surface area contributed by atoms with E-state index < -0.39 is 16.7 Å². The van der Waals surface area contributed by atoms with Gasteiger partial charge in [0.2, 0.25) is 10.0 Å². The average molecular weight is 274 g/mol. The van der Waals surface area contributed by atoms with Crippen LogP contribution in [0.5, 0.6) is 0 Å². The van der Waals surface area contributed by atoms with Crippen LogP contribution in [-0.2, 0) is 14.6 Å². The van der Waals surface area contributed by atoms with Crippen LogP contribution in [-0.4, -0.2) is 37.6 Å². The molecule has 0 heterocycles. The second-order valence-electron chi connectivity index (χ2n) is 3.23. The molecule has 5 nitrogen and oxygen atoms in total. The van der Waals surface area contributed by atoms with Gasteiger partial charge in [-0.2, -0.15) is 0 Å². The molecule has 1 atom stereocenters. The third-order valence-corrected chi connectivity index (χ3v) is 10.5. The maximum Gasteiger partial charge on any atom is 0.281 e. The van der Waals surface area contributed by atoms with Gasteiger partial charge >= 0.3 is 0 Å². The minimum Gasteiger partial charge on any atom is -0.276 e. The molecule has 1 N–H and O–H groups in total. The van der Waals surface area contributed by atoms with Crippen molar-refractivity contribution in [3.63, 3.8) is 0 Å². The maximum atomic E-state index is 12.3. The van der Waals surface area contributed by atoms with Gasteiger partial charge in [-0.1, -0.05) is 25.2 Å². The summed E-state index contributed by atoms with van der Waals surface area (Å²) in [4.78, 5) is 0. The highest BCUT2D eigenvalue weighted by Gasteiger charge is 2.35. The van der Waals surface area contributed by atoms with Crippen molar-refractivity contribution >= 4 is 28.1 Å². The molecule has 0 aromatic carbocycles. The van der Waals surface area contributed by atoms with Crippen LogP contribution >= 0.6 is 18.0 Å². The summed E-state index contributed by atoms with van der Waals surface area (Å²) in [6, 6.07) is 0. The van der Waals surface area contributed by atoms with Gasteiger partial charge in [0, 0.05) is 12.3 Å². The van der Waals surface area contributed by atoms with Gasteiger partial charge in [-0.05, 0) is 14.0 Å². The summed E-state index contributed by atoms with van der Waals surface area (Å²) in [6.45, 7) is 2.21. The molecular formula is C7H19N2O3PS2. The van der Waals surface area contributed by atoms with Crippen molar-refractivity contribution in [3.8, 4) is 0 Å². The Morgan fingerprint density at radius 1 is 1.47 bits per heavy atom. The smallest absolute Gasteiger partial charge is 0.276 e. The lowest BCUT2D eigenvalue weighted by atomic mass is 10.6. The van der Waals surface area contributed by atoms with Gasteiger partial charge < -0.3 is 0 Å². The summed E-state index contributed by atoms with van der Waals surface area (Å²) >= 11 is 1.14. The fourth-order valence-corrected chi connectivity index (χ4v) is 7.95. The lowest BCUT2D eigenvalue weighted by molar-refractivity contribution is 0.527. The van der Waals surface area contributed by atoms with Crippen molar-refractivity contribution in [2.75, 3.05) is 19.8 Å². The Kier molecular flexibility index (Phi) is 5.85. The van der Waals surface area contributed by atoms with E-state index in [4.69, 9.17) is 0 Å². The standard InChI is InChI=1S/C7H19N2O3PS2/c1-6-15(11,12)9(5)13(10,8-4)14-7(2)3/h7H,6H2,1-5H3,(H,8,10). The Balaban J connectivity index is 5.06. The van der Waals surface area contributed by atoms with Crippen LogP contribution in [0.4, 0.5) is 0 Å². The molecule has 0 aliphatic carbocycles. The van der Waals surface area contributed by atoms with Crippen LogP contribution in [0.3, 0.4) is 0 Å². The number of rotatable bonds is 6. The van der Waals surface area contributed by atoms with E-state index in [9.17, 15) is 13.0 Å². The number of sulfonamides is 1. The maximum absolute atomic E-state index is 12.3. The molecule has 0 saturated heterocycles. The Morgan fingerprint density at radius 3 is 2.20 bits per heavy atom. The van der Waals surface area contributed by atoms with E-state index in [1.54, 1.807) is 0 Å². The molecule has 1 unspecified atom stereocenters. The molecule has 0 saturated carbocycles. The van der Waals surface area contributed by atoms with E-state index in [0.29, 0.717) is 0 Å². The van der Waals surface area contributed by atoms with E-state index in [0.717, 1.165) is 15.5 Å². The summed E-state index contributed by atoms with van der Waals surface area (Å²) in [5.41, 5.74) is 0. The molecule has 0 rings (SSSR count). The first-order valence-electron chi connectivity index (χ1n) is 4.64. The molecule has 92 valence electrons. The summed E-state index contributed by atoms with van der Waals surface area (Å²) in [6.07, 6.45) is 0. The molecule has 15 heavy (non-hydrogen) atoms. The zero-order valence-corrected chi connectivity index (χ0v) is 12.2. The van der Waals surface area contributed by atoms with Gasteiger partial charge in [0.05, 0.1) is 5.75 Å². The van der Waals surface area contributed by atoms with E-state index in [1.165, 1.54) is 21.0 Å². The summed E-state index contributed by atoms with van der Waals surface area (Å²) in [5.74, 6) is -0.0478. The fraction of sp³-hybridized carbons (Fsp3) is 1.00. The van der Waals surface area contributed by atoms with E-state index in [-0.39, 0.29) is 11.0 Å². The highest BCUT2D eigenvalue weighted by Crippen LogP contribution is 2.59. The van der Waals surface area contributed by atoms with Crippen LogP contribution in [0.1, 0.15) is 20.8 Å². The molecule has 0 fully saturated rings. The molecule has 0 aliphatic heterocycles. The Labute approximate surface area is 96.3 Å². The lowest BCUT2D eigenvalue weighted by Gasteiger charge is -2.27. The lowest BCUT2D eigenvalue weighted by Crippen LogP contribution is -2.29. The molecular weight excluding hydrogens is 255 g/mol. The molecule has 0 aromatic heterocycles. The third-order valence-electron chi connectivity index (χ3n) is 1.77. The minimum atomic E-state index is -3.43. The molecule has 0 radical (unpaired) electrons. The van der Waals surface area contributed by atoms with E-state index in [2.05, 4.69) is 5.09 Å². The summed E-state index contributed by atoms with van der Waals surface area (Å²) in [7, 11) is -0.562. The SMILES string of the molecule is CCS(=O)(=O)N(C)P(=O)(NC)SC(C)C. The Morgan fingerprint density at radius 2 is 1.93 bits per heavy atom. The molecule has 0 amide bonds. The second-order valence-corrected chi connectivity index (χ2v) is 11.2. The van der Waals surface area contributed by atoms with Crippen molar-refractivity contribution in [3.05, 3.63) is 0 Å². The van der Waals surface area contributed by atoms with Gasteiger partial charge in [0.15, 0.2) is 0 Å². The molecule has 8 heteroatoms. The van der Waals surface area contributed by atoms with Crippen LogP contribution in [0, 0.1) is 0 Å². The highest BCUT2D eigenvalue weighted by atomic mass is 32.7. The van der Waals surface area contributed by atoms with Gasteiger partial charge in [0.1, 0.15) is 0 Å². The third kappa shape index (κ3) is 4.07. The first kappa shape index (κ1) is 15.4. The van der Waals surface area contributed by atoms with Crippen LogP contribution in [0.15, 0.2) is 0 Å². The van der Waals surface area contributed by atoms with Gasteiger partial charge in [-0.15, -0.1) is 4.08 Å². The van der Waals surface area contributed by atoms with Gasteiger partial charge in [0.25, 0.3) is 6.65 Å². The topological polar surface area (TPSA) is 66.5 Å². The fourth-order valence-electron chi connectivity index (χ4n) is 0.896. The summed E-state index contributed by atoms with van der Waals surface area (Å²) in [5, 5.41) is 2.71. The number of hydrogen-bond acceptors (Lipinski definition) is 4. The number of nitrogens with one attached hydrogen (secondary N) is 1. The Bertz CT molecular complexity index is 342. The Hall–Kier alpha value is 0.450. The van der Waals surface area contributed by atoms with Crippen molar-refractivity contribution in [1.82, 2.24) is 9.16 Å². The number of nitrogens with zero attached hydrogens (tertiary/aromatic N) is 1. The van der Waals surface area contributed by atoms with Crippen LogP contribution < -0.4 is 5.09 Å². The largest absolute Gasteiger partial charge is 0.281 e. The molecule has 0 aromatic rings. The first-order valence-corrected chi connectivity index (χ1v) is 9.39. The second kappa shape index (κ2) is 5.68. The highest BCUT2D eigenvalue weighted by molar-refractivity contribution is 8.58. The van der Waals surface area contributed by atoms with Crippen molar-refractivity contribution in [1.29, 1.82) is 0 Å². The molecule has 0 aliphatic rings. The molecule has 0 bridgehead atoms. The predicted molar refractivity (Wildman–Crippen MR) is 66.6 cm³/mol. The van der Waals surface area contributed by atoms with Gasteiger partial charge in [-0.25, -0.2) is 13.5 Å². The quantitative estimate of drug-likeness (QED) is 0.747.